The molecular weight excluding hydrogens is 296 g/mol. The third kappa shape index (κ3) is 2.60. The van der Waals surface area contributed by atoms with Crippen LogP contribution in [0.4, 0.5) is 0 Å². The summed E-state index contributed by atoms with van der Waals surface area (Å²) in [6.07, 6.45) is 2.78. The Morgan fingerprint density at radius 2 is 2.41 bits per heavy atom. The molecule has 2 nitrogen and oxygen atoms in total. The fourth-order valence-corrected chi connectivity index (χ4v) is 4.73. The topological polar surface area (TPSA) is 15.3 Å². The van der Waals surface area contributed by atoms with Crippen molar-refractivity contribution in [2.24, 2.45) is 5.92 Å². The highest BCUT2D eigenvalue weighted by Crippen LogP contribution is 2.30. The van der Waals surface area contributed by atoms with Gasteiger partial charge in [0.2, 0.25) is 0 Å². The van der Waals surface area contributed by atoms with Crippen LogP contribution in [-0.2, 0) is 6.54 Å². The number of likely N-dealkylation sites (tertiary alicyclic amines) is 1. The van der Waals surface area contributed by atoms with E-state index in [9.17, 15) is 0 Å². The summed E-state index contributed by atoms with van der Waals surface area (Å²) in [5.41, 5.74) is 0. The van der Waals surface area contributed by atoms with Crippen LogP contribution in [0.1, 0.15) is 22.6 Å². The highest BCUT2D eigenvalue weighted by Gasteiger charge is 2.34. The number of nitrogens with zero attached hydrogens (tertiary/aromatic N) is 1. The molecule has 0 radical (unpaired) electrons. The van der Waals surface area contributed by atoms with Crippen molar-refractivity contribution in [3.63, 3.8) is 0 Å². The zero-order valence-corrected chi connectivity index (χ0v) is 12.6. The van der Waals surface area contributed by atoms with Crippen molar-refractivity contribution in [3.05, 3.63) is 20.3 Å². The van der Waals surface area contributed by atoms with Crippen LogP contribution in [0.2, 0.25) is 0 Å². The first-order valence-corrected chi connectivity index (χ1v) is 8.04. The number of fused-ring (bicyclic) bond motifs is 1. The van der Waals surface area contributed by atoms with Gasteiger partial charge in [0.15, 0.2) is 0 Å². The molecule has 0 spiro atoms. The number of nitrogens with one attached hydrogen (secondary N) is 1. The van der Waals surface area contributed by atoms with Crippen LogP contribution < -0.4 is 5.32 Å². The first kappa shape index (κ1) is 12.2. The van der Waals surface area contributed by atoms with Crippen molar-refractivity contribution in [2.75, 3.05) is 19.6 Å². The molecule has 2 saturated heterocycles. The molecule has 0 amide bonds. The van der Waals surface area contributed by atoms with E-state index in [4.69, 9.17) is 0 Å². The molecule has 2 fully saturated rings. The predicted molar refractivity (Wildman–Crippen MR) is 76.5 cm³/mol. The largest absolute Gasteiger partial charge is 0.312 e. The number of hydrogen-bond acceptors (Lipinski definition) is 3. The zero-order valence-electron chi connectivity index (χ0n) is 10.2. The van der Waals surface area contributed by atoms with Crippen molar-refractivity contribution < 1.29 is 0 Å². The highest BCUT2D eigenvalue weighted by molar-refractivity contribution is 9.10. The van der Waals surface area contributed by atoms with Crippen molar-refractivity contribution in [1.82, 2.24) is 10.2 Å². The van der Waals surface area contributed by atoms with Gasteiger partial charge < -0.3 is 5.32 Å². The summed E-state index contributed by atoms with van der Waals surface area (Å²) in [6.45, 7) is 7.06. The Hall–Kier alpha value is 0.100. The molecule has 1 N–H and O–H groups in total. The molecule has 94 valence electrons. The van der Waals surface area contributed by atoms with E-state index in [-0.39, 0.29) is 0 Å². The Bertz CT molecular complexity index is 371. The second-order valence-electron chi connectivity index (χ2n) is 5.27. The second kappa shape index (κ2) is 5.00. The number of piperidine rings is 1. The number of aryl methyl sites for hydroxylation is 1. The van der Waals surface area contributed by atoms with Crippen LogP contribution >= 0.6 is 27.3 Å². The lowest BCUT2D eigenvalue weighted by atomic mass is 9.94. The van der Waals surface area contributed by atoms with E-state index in [1.54, 1.807) is 0 Å². The minimum Gasteiger partial charge on any atom is -0.312 e. The lowest BCUT2D eigenvalue weighted by Crippen LogP contribution is -2.40. The molecule has 2 atom stereocenters. The van der Waals surface area contributed by atoms with Crippen LogP contribution in [0, 0.1) is 12.8 Å². The lowest BCUT2D eigenvalue weighted by molar-refractivity contribution is 0.315. The van der Waals surface area contributed by atoms with Gasteiger partial charge in [-0.15, -0.1) is 11.3 Å². The van der Waals surface area contributed by atoms with Gasteiger partial charge in [0.1, 0.15) is 0 Å². The molecule has 3 heterocycles. The lowest BCUT2D eigenvalue weighted by Gasteiger charge is -2.24. The maximum atomic E-state index is 3.67. The summed E-state index contributed by atoms with van der Waals surface area (Å²) in [7, 11) is 0. The van der Waals surface area contributed by atoms with E-state index >= 15 is 0 Å². The van der Waals surface area contributed by atoms with Gasteiger partial charge in [-0.05, 0) is 54.2 Å². The molecule has 4 heteroatoms. The van der Waals surface area contributed by atoms with Gasteiger partial charge in [-0.1, -0.05) is 0 Å². The fraction of sp³-hybridized carbons (Fsp3) is 0.692. The average molecular weight is 315 g/mol. The van der Waals surface area contributed by atoms with Gasteiger partial charge in [-0.3, -0.25) is 4.90 Å². The molecule has 0 saturated carbocycles. The van der Waals surface area contributed by atoms with E-state index in [0.717, 1.165) is 18.5 Å². The molecule has 0 aliphatic carbocycles. The Morgan fingerprint density at radius 1 is 1.53 bits per heavy atom. The molecule has 0 aromatic carbocycles. The number of hydrogen-bond donors (Lipinski definition) is 1. The smallest absolute Gasteiger partial charge is 0.0329 e. The summed E-state index contributed by atoms with van der Waals surface area (Å²) in [6, 6.07) is 3.04. The van der Waals surface area contributed by atoms with Crippen LogP contribution in [0.25, 0.3) is 0 Å². The molecular formula is C13H19BrN2S. The Balaban J connectivity index is 1.63. The summed E-state index contributed by atoms with van der Waals surface area (Å²) in [5, 5.41) is 3.67. The summed E-state index contributed by atoms with van der Waals surface area (Å²) >= 11 is 5.53. The van der Waals surface area contributed by atoms with Crippen molar-refractivity contribution in [3.8, 4) is 0 Å². The van der Waals surface area contributed by atoms with Gasteiger partial charge in [0, 0.05) is 39.9 Å². The third-order valence-corrected chi connectivity index (χ3v) is 6.08. The molecule has 1 aromatic heterocycles. The van der Waals surface area contributed by atoms with Gasteiger partial charge in [-0.2, -0.15) is 0 Å². The second-order valence-corrected chi connectivity index (χ2v) is 7.47. The average Bonchev–Trinajstić information content (AvgIpc) is 2.83. The van der Waals surface area contributed by atoms with Gasteiger partial charge >= 0.3 is 0 Å². The summed E-state index contributed by atoms with van der Waals surface area (Å²) in [5.74, 6) is 0.897. The molecule has 2 aliphatic heterocycles. The quantitative estimate of drug-likeness (QED) is 0.902. The van der Waals surface area contributed by atoms with Gasteiger partial charge in [0.05, 0.1) is 0 Å². The van der Waals surface area contributed by atoms with Crippen molar-refractivity contribution in [2.45, 2.75) is 32.4 Å². The van der Waals surface area contributed by atoms with E-state index in [1.807, 2.05) is 11.3 Å². The number of thiophene rings is 1. The number of halogens is 1. The maximum absolute atomic E-state index is 3.67. The fourth-order valence-electron chi connectivity index (χ4n) is 3.08. The predicted octanol–water partition coefficient (Wildman–Crippen LogP) is 3.00. The minimum absolute atomic E-state index is 0.758. The Kier molecular flexibility index (Phi) is 3.57. The molecule has 0 bridgehead atoms. The Morgan fingerprint density at radius 3 is 3.12 bits per heavy atom. The first-order chi connectivity index (χ1) is 8.22. The number of rotatable bonds is 2. The first-order valence-electron chi connectivity index (χ1n) is 6.43. The zero-order chi connectivity index (χ0) is 11.8. The maximum Gasteiger partial charge on any atom is 0.0329 e. The van der Waals surface area contributed by atoms with Crippen molar-refractivity contribution in [1.29, 1.82) is 0 Å². The van der Waals surface area contributed by atoms with Crippen LogP contribution in [-0.4, -0.2) is 30.6 Å². The standard InChI is InChI=1S/C13H19BrN2S/c1-9-12(14)5-11(17-9)7-16-6-10-3-2-4-15-13(10)8-16/h5,10,13,15H,2-4,6-8H2,1H3. The van der Waals surface area contributed by atoms with E-state index < -0.39 is 0 Å². The molecule has 17 heavy (non-hydrogen) atoms. The van der Waals surface area contributed by atoms with E-state index in [1.165, 1.54) is 46.7 Å². The third-order valence-electron chi connectivity index (χ3n) is 3.96. The van der Waals surface area contributed by atoms with Gasteiger partial charge in [0.25, 0.3) is 0 Å². The minimum atomic E-state index is 0.758. The van der Waals surface area contributed by atoms with Crippen molar-refractivity contribution >= 4 is 27.3 Å². The summed E-state index contributed by atoms with van der Waals surface area (Å²) < 4.78 is 1.27. The Labute approximate surface area is 116 Å². The highest BCUT2D eigenvalue weighted by atomic mass is 79.9. The van der Waals surface area contributed by atoms with E-state index in [2.05, 4.69) is 39.1 Å². The van der Waals surface area contributed by atoms with Crippen LogP contribution in [0.15, 0.2) is 10.5 Å². The summed E-state index contributed by atoms with van der Waals surface area (Å²) in [4.78, 5) is 5.51. The van der Waals surface area contributed by atoms with Crippen LogP contribution in [0.5, 0.6) is 0 Å². The van der Waals surface area contributed by atoms with Crippen LogP contribution in [0.3, 0.4) is 0 Å². The van der Waals surface area contributed by atoms with Gasteiger partial charge in [-0.25, -0.2) is 0 Å². The molecule has 2 aliphatic rings. The SMILES string of the molecule is Cc1sc(CN2CC3CCCNC3C2)cc1Br. The monoisotopic (exact) mass is 314 g/mol. The molecule has 1 aromatic rings. The molecule has 3 rings (SSSR count). The molecule has 2 unspecified atom stereocenters. The normalized spacial score (nSPS) is 29.5. The van der Waals surface area contributed by atoms with E-state index in [0.29, 0.717) is 0 Å².